The van der Waals surface area contributed by atoms with Crippen molar-refractivity contribution in [3.63, 3.8) is 0 Å². The van der Waals surface area contributed by atoms with Crippen LogP contribution in [0.15, 0.2) is 30.4 Å². The first-order valence-electron chi connectivity index (χ1n) is 7.92. The number of alkyl halides is 3. The van der Waals surface area contributed by atoms with Crippen LogP contribution < -0.4 is 4.74 Å². The molecule has 0 radical (unpaired) electrons. The highest BCUT2D eigenvalue weighted by Gasteiger charge is 2.31. The number of allylic oxidation sites excluding steroid dienone is 2. The summed E-state index contributed by atoms with van der Waals surface area (Å²) < 4.78 is 44.6. The third-order valence-electron chi connectivity index (χ3n) is 3.55. The fourth-order valence-corrected chi connectivity index (χ4v) is 2.33. The van der Waals surface area contributed by atoms with Crippen molar-refractivity contribution in [2.75, 3.05) is 6.61 Å². The van der Waals surface area contributed by atoms with E-state index >= 15 is 0 Å². The summed E-state index contributed by atoms with van der Waals surface area (Å²) in [5.74, 6) is 0.614. The topological polar surface area (TPSA) is 9.23 Å². The van der Waals surface area contributed by atoms with Crippen LogP contribution in [-0.4, -0.2) is 6.61 Å². The standard InChI is InChI=1S/C18H25F3O/c1-4-7-8-9-14(6-3)16-13-15(18(19,20)21)10-11-17(16)22-12-5-2/h7-8,10-11,13-14H,4-6,9,12H2,1-3H3/b8-7-. The molecule has 0 fully saturated rings. The Morgan fingerprint density at radius 2 is 1.86 bits per heavy atom. The van der Waals surface area contributed by atoms with Gasteiger partial charge in [0.05, 0.1) is 12.2 Å². The van der Waals surface area contributed by atoms with Gasteiger partial charge in [0, 0.05) is 0 Å². The molecule has 0 bridgehead atoms. The maximum atomic E-state index is 13.0. The van der Waals surface area contributed by atoms with Crippen LogP contribution in [0.1, 0.15) is 63.5 Å². The lowest BCUT2D eigenvalue weighted by molar-refractivity contribution is -0.137. The SMILES string of the molecule is CC/C=C\CC(CC)c1cc(C(F)(F)F)ccc1OCCC. The Balaban J connectivity index is 3.15. The number of benzene rings is 1. The summed E-state index contributed by atoms with van der Waals surface area (Å²) in [6, 6.07) is 3.81. The second kappa shape index (κ2) is 8.86. The van der Waals surface area contributed by atoms with Crippen molar-refractivity contribution in [3.8, 4) is 5.75 Å². The molecule has 1 atom stereocenters. The molecule has 0 saturated carbocycles. The molecule has 22 heavy (non-hydrogen) atoms. The fraction of sp³-hybridized carbons (Fsp3) is 0.556. The van der Waals surface area contributed by atoms with Crippen molar-refractivity contribution >= 4 is 0 Å². The fourth-order valence-electron chi connectivity index (χ4n) is 2.33. The minimum atomic E-state index is -4.32. The van der Waals surface area contributed by atoms with Crippen LogP contribution in [0, 0.1) is 0 Å². The van der Waals surface area contributed by atoms with Crippen molar-refractivity contribution in [1.29, 1.82) is 0 Å². The largest absolute Gasteiger partial charge is 0.493 e. The van der Waals surface area contributed by atoms with Crippen LogP contribution in [0.5, 0.6) is 5.75 Å². The molecule has 0 aliphatic rings. The zero-order chi connectivity index (χ0) is 16.6. The Morgan fingerprint density at radius 1 is 1.14 bits per heavy atom. The Hall–Kier alpha value is -1.45. The van der Waals surface area contributed by atoms with E-state index in [0.717, 1.165) is 31.7 Å². The Bertz CT molecular complexity index is 478. The van der Waals surface area contributed by atoms with E-state index < -0.39 is 11.7 Å². The number of halogens is 3. The van der Waals surface area contributed by atoms with Crippen LogP contribution in [0.3, 0.4) is 0 Å². The van der Waals surface area contributed by atoms with E-state index in [0.29, 0.717) is 17.9 Å². The average molecular weight is 314 g/mol. The third kappa shape index (κ3) is 5.39. The maximum Gasteiger partial charge on any atom is 0.416 e. The van der Waals surface area contributed by atoms with Gasteiger partial charge in [0.2, 0.25) is 0 Å². The van der Waals surface area contributed by atoms with Gasteiger partial charge >= 0.3 is 6.18 Å². The molecule has 1 nitrogen and oxygen atoms in total. The highest BCUT2D eigenvalue weighted by atomic mass is 19.4. The van der Waals surface area contributed by atoms with E-state index in [1.807, 2.05) is 32.9 Å². The third-order valence-corrected chi connectivity index (χ3v) is 3.55. The molecule has 0 aliphatic heterocycles. The lowest BCUT2D eigenvalue weighted by atomic mass is 9.90. The summed E-state index contributed by atoms with van der Waals surface area (Å²) in [6.45, 7) is 6.52. The summed E-state index contributed by atoms with van der Waals surface area (Å²) in [5, 5.41) is 0. The predicted molar refractivity (Wildman–Crippen MR) is 84.3 cm³/mol. The molecule has 0 aromatic heterocycles. The number of ether oxygens (including phenoxy) is 1. The summed E-state index contributed by atoms with van der Waals surface area (Å²) in [7, 11) is 0. The van der Waals surface area contributed by atoms with E-state index in [-0.39, 0.29) is 5.92 Å². The second-order valence-electron chi connectivity index (χ2n) is 5.32. The van der Waals surface area contributed by atoms with Crippen molar-refractivity contribution in [1.82, 2.24) is 0 Å². The molecule has 1 unspecified atom stereocenters. The minimum Gasteiger partial charge on any atom is -0.493 e. The van der Waals surface area contributed by atoms with Crippen LogP contribution in [0.4, 0.5) is 13.2 Å². The van der Waals surface area contributed by atoms with Gasteiger partial charge in [-0.25, -0.2) is 0 Å². The van der Waals surface area contributed by atoms with Crippen molar-refractivity contribution < 1.29 is 17.9 Å². The molecule has 0 aliphatic carbocycles. The molecule has 1 aromatic carbocycles. The predicted octanol–water partition coefficient (Wildman–Crippen LogP) is 6.34. The molecule has 0 saturated heterocycles. The molecular formula is C18H25F3O. The molecule has 0 N–H and O–H groups in total. The summed E-state index contributed by atoms with van der Waals surface area (Å²) in [6.07, 6.45) is 3.02. The Labute approximate surface area is 131 Å². The van der Waals surface area contributed by atoms with E-state index in [1.165, 1.54) is 12.1 Å². The molecule has 1 rings (SSSR count). The van der Waals surface area contributed by atoms with Crippen molar-refractivity contribution in [2.45, 2.75) is 58.5 Å². The monoisotopic (exact) mass is 314 g/mol. The maximum absolute atomic E-state index is 13.0. The molecule has 124 valence electrons. The van der Waals surface area contributed by atoms with Crippen molar-refractivity contribution in [2.24, 2.45) is 0 Å². The first kappa shape index (κ1) is 18.6. The van der Waals surface area contributed by atoms with E-state index in [9.17, 15) is 13.2 Å². The smallest absolute Gasteiger partial charge is 0.416 e. The summed E-state index contributed by atoms with van der Waals surface area (Å²) in [4.78, 5) is 0. The van der Waals surface area contributed by atoms with Crippen molar-refractivity contribution in [3.05, 3.63) is 41.5 Å². The van der Waals surface area contributed by atoms with Crippen LogP contribution in [0.25, 0.3) is 0 Å². The molecule has 4 heteroatoms. The van der Waals surface area contributed by atoms with Crippen LogP contribution in [-0.2, 0) is 6.18 Å². The van der Waals surface area contributed by atoms with Gasteiger partial charge in [-0.3, -0.25) is 0 Å². The van der Waals surface area contributed by atoms with Gasteiger partial charge in [-0.15, -0.1) is 0 Å². The second-order valence-corrected chi connectivity index (χ2v) is 5.32. The van der Waals surface area contributed by atoms with Gasteiger partial charge in [0.25, 0.3) is 0 Å². The molecule has 0 heterocycles. The number of rotatable bonds is 8. The van der Waals surface area contributed by atoms with Gasteiger partial charge in [0.15, 0.2) is 0 Å². The number of hydrogen-bond acceptors (Lipinski definition) is 1. The van der Waals surface area contributed by atoms with Gasteiger partial charge in [-0.1, -0.05) is 32.9 Å². The molecular weight excluding hydrogens is 289 g/mol. The lowest BCUT2D eigenvalue weighted by Gasteiger charge is -2.20. The zero-order valence-corrected chi connectivity index (χ0v) is 13.5. The Kier molecular flexibility index (Phi) is 7.49. The van der Waals surface area contributed by atoms with E-state index in [4.69, 9.17) is 4.74 Å². The van der Waals surface area contributed by atoms with E-state index in [1.54, 1.807) is 0 Å². The summed E-state index contributed by atoms with van der Waals surface area (Å²) >= 11 is 0. The highest BCUT2D eigenvalue weighted by molar-refractivity contribution is 5.41. The van der Waals surface area contributed by atoms with Gasteiger partial charge in [-0.2, -0.15) is 13.2 Å². The quantitative estimate of drug-likeness (QED) is 0.508. The van der Waals surface area contributed by atoms with Gasteiger partial charge < -0.3 is 4.74 Å². The molecule has 1 aromatic rings. The minimum absolute atomic E-state index is 0.0388. The van der Waals surface area contributed by atoms with Gasteiger partial charge in [0.1, 0.15) is 5.75 Å². The average Bonchev–Trinajstić information content (AvgIpc) is 2.49. The highest BCUT2D eigenvalue weighted by Crippen LogP contribution is 2.37. The Morgan fingerprint density at radius 3 is 2.41 bits per heavy atom. The summed E-state index contributed by atoms with van der Waals surface area (Å²) in [5.41, 5.74) is 0.0517. The lowest BCUT2D eigenvalue weighted by Crippen LogP contribution is -2.09. The number of hydrogen-bond donors (Lipinski definition) is 0. The van der Waals surface area contributed by atoms with Crippen LogP contribution >= 0.6 is 0 Å². The first-order valence-corrected chi connectivity index (χ1v) is 7.92. The van der Waals surface area contributed by atoms with E-state index in [2.05, 4.69) is 0 Å². The van der Waals surface area contributed by atoms with Crippen LogP contribution in [0.2, 0.25) is 0 Å². The molecule has 0 spiro atoms. The zero-order valence-electron chi connectivity index (χ0n) is 13.5. The normalized spacial score (nSPS) is 13.5. The van der Waals surface area contributed by atoms with Gasteiger partial charge in [-0.05, 0) is 55.4 Å². The first-order chi connectivity index (χ1) is 10.4. The molecule has 0 amide bonds.